The number of anilines is 1. The number of alkyl halides is 1. The first-order valence-electron chi connectivity index (χ1n) is 4.80. The van der Waals surface area contributed by atoms with Gasteiger partial charge < -0.3 is 9.47 Å². The Labute approximate surface area is 102 Å². The van der Waals surface area contributed by atoms with Crippen LogP contribution in [-0.4, -0.2) is 36.8 Å². The highest BCUT2D eigenvalue weighted by atomic mass is 35.5. The molecule has 1 aliphatic rings. The lowest BCUT2D eigenvalue weighted by atomic mass is 10.3. The van der Waals surface area contributed by atoms with Crippen LogP contribution < -0.4 is 5.32 Å². The van der Waals surface area contributed by atoms with Gasteiger partial charge in [-0.15, -0.1) is 22.9 Å². The van der Waals surface area contributed by atoms with Crippen LogP contribution in [0, 0.1) is 0 Å². The molecule has 7 heteroatoms. The molecule has 0 aromatic carbocycles. The Bertz CT molecular complexity index is 365. The Kier molecular flexibility index (Phi) is 4.11. The fourth-order valence-corrected chi connectivity index (χ4v) is 2.19. The van der Waals surface area contributed by atoms with Crippen molar-refractivity contribution >= 4 is 34.0 Å². The lowest BCUT2D eigenvalue weighted by Crippen LogP contribution is -2.39. The van der Waals surface area contributed by atoms with Gasteiger partial charge in [-0.3, -0.25) is 10.1 Å². The van der Waals surface area contributed by atoms with Crippen molar-refractivity contribution in [2.24, 2.45) is 0 Å². The van der Waals surface area contributed by atoms with Crippen LogP contribution in [0.25, 0.3) is 0 Å². The lowest BCUT2D eigenvalue weighted by molar-refractivity contribution is -0.142. The van der Waals surface area contributed by atoms with Gasteiger partial charge >= 0.3 is 0 Å². The van der Waals surface area contributed by atoms with E-state index in [9.17, 15) is 4.79 Å². The molecule has 88 valence electrons. The molecule has 0 aliphatic carbocycles. The summed E-state index contributed by atoms with van der Waals surface area (Å²) < 4.78 is 10.4. The zero-order chi connectivity index (χ0) is 11.4. The predicted molar refractivity (Wildman–Crippen MR) is 60.9 cm³/mol. The molecular weight excluding hydrogens is 252 g/mol. The minimum absolute atomic E-state index is 0.227. The van der Waals surface area contributed by atoms with Crippen molar-refractivity contribution in [1.29, 1.82) is 0 Å². The van der Waals surface area contributed by atoms with Crippen LogP contribution >= 0.6 is 22.9 Å². The third-order valence-electron chi connectivity index (χ3n) is 2.03. The highest BCUT2D eigenvalue weighted by Gasteiger charge is 2.23. The molecule has 2 heterocycles. The molecule has 1 aromatic heterocycles. The highest BCUT2D eigenvalue weighted by molar-refractivity contribution is 7.14. The zero-order valence-electron chi connectivity index (χ0n) is 8.44. The molecule has 2 rings (SSSR count). The largest absolute Gasteiger partial charge is 0.376 e. The van der Waals surface area contributed by atoms with Crippen molar-refractivity contribution in [2.75, 3.05) is 25.1 Å². The lowest BCUT2D eigenvalue weighted by Gasteiger charge is -2.21. The Morgan fingerprint density at radius 2 is 2.56 bits per heavy atom. The van der Waals surface area contributed by atoms with Gasteiger partial charge in [0.15, 0.2) is 11.2 Å². The average molecular weight is 263 g/mol. The van der Waals surface area contributed by atoms with Crippen LogP contribution in [0.5, 0.6) is 0 Å². The van der Waals surface area contributed by atoms with Crippen LogP contribution in [0.2, 0.25) is 0 Å². The molecule has 1 atom stereocenters. The molecule has 1 fully saturated rings. The number of carbonyl (C=O) groups excluding carboxylic acids is 1. The summed E-state index contributed by atoms with van der Waals surface area (Å²) in [7, 11) is 0. The molecule has 0 bridgehead atoms. The highest BCUT2D eigenvalue weighted by Crippen LogP contribution is 2.17. The van der Waals surface area contributed by atoms with E-state index in [-0.39, 0.29) is 5.91 Å². The van der Waals surface area contributed by atoms with Crippen molar-refractivity contribution in [1.82, 2.24) is 4.98 Å². The number of amides is 1. The van der Waals surface area contributed by atoms with Gasteiger partial charge in [-0.05, 0) is 0 Å². The zero-order valence-corrected chi connectivity index (χ0v) is 10.0. The van der Waals surface area contributed by atoms with E-state index in [1.165, 1.54) is 11.3 Å². The minimum Gasteiger partial charge on any atom is -0.376 e. The van der Waals surface area contributed by atoms with E-state index in [0.717, 1.165) is 5.69 Å². The molecule has 1 N–H and O–H groups in total. The second kappa shape index (κ2) is 5.58. The summed E-state index contributed by atoms with van der Waals surface area (Å²) in [5.41, 5.74) is 0.753. The molecule has 0 radical (unpaired) electrons. The third kappa shape index (κ3) is 2.91. The summed E-state index contributed by atoms with van der Waals surface area (Å²) in [4.78, 5) is 15.8. The molecule has 1 aromatic rings. The Morgan fingerprint density at radius 1 is 1.69 bits per heavy atom. The maximum atomic E-state index is 11.7. The SMILES string of the molecule is O=C(Nc1nc(CCl)cs1)C1COCCO1. The van der Waals surface area contributed by atoms with E-state index < -0.39 is 6.10 Å². The van der Waals surface area contributed by atoms with E-state index in [4.69, 9.17) is 21.1 Å². The molecule has 16 heavy (non-hydrogen) atoms. The van der Waals surface area contributed by atoms with Gasteiger partial charge in [0, 0.05) is 5.38 Å². The number of nitrogens with one attached hydrogen (secondary N) is 1. The number of hydrogen-bond acceptors (Lipinski definition) is 5. The molecular formula is C9H11ClN2O3S. The van der Waals surface area contributed by atoms with E-state index in [0.29, 0.717) is 30.8 Å². The Morgan fingerprint density at radius 3 is 3.19 bits per heavy atom. The Balaban J connectivity index is 1.90. The molecule has 0 saturated carbocycles. The van der Waals surface area contributed by atoms with Crippen LogP contribution in [0.4, 0.5) is 5.13 Å². The fraction of sp³-hybridized carbons (Fsp3) is 0.556. The maximum absolute atomic E-state index is 11.7. The molecule has 1 amide bonds. The van der Waals surface area contributed by atoms with Gasteiger partial charge in [0.25, 0.3) is 5.91 Å². The van der Waals surface area contributed by atoms with Gasteiger partial charge in [0.05, 0.1) is 31.4 Å². The number of halogens is 1. The molecule has 1 aliphatic heterocycles. The molecule has 1 unspecified atom stereocenters. The maximum Gasteiger partial charge on any atom is 0.257 e. The first kappa shape index (κ1) is 11.8. The summed E-state index contributed by atoms with van der Waals surface area (Å²) in [6.07, 6.45) is -0.544. The van der Waals surface area contributed by atoms with Crippen LogP contribution in [-0.2, 0) is 20.1 Å². The first-order chi connectivity index (χ1) is 7.79. The van der Waals surface area contributed by atoms with E-state index in [1.807, 2.05) is 0 Å². The van der Waals surface area contributed by atoms with Gasteiger partial charge in [-0.2, -0.15) is 0 Å². The van der Waals surface area contributed by atoms with Crippen LogP contribution in [0.1, 0.15) is 5.69 Å². The summed E-state index contributed by atoms with van der Waals surface area (Å²) in [6.45, 7) is 1.28. The van der Waals surface area contributed by atoms with E-state index in [2.05, 4.69) is 10.3 Å². The summed E-state index contributed by atoms with van der Waals surface area (Å²) in [5, 5.41) is 5.01. The van der Waals surface area contributed by atoms with E-state index in [1.54, 1.807) is 5.38 Å². The number of aromatic nitrogens is 1. The smallest absolute Gasteiger partial charge is 0.257 e. The number of hydrogen-bond donors (Lipinski definition) is 1. The average Bonchev–Trinajstić information content (AvgIpc) is 2.78. The topological polar surface area (TPSA) is 60.5 Å². The summed E-state index contributed by atoms with van der Waals surface area (Å²) in [5.74, 6) is 0.116. The van der Waals surface area contributed by atoms with Crippen molar-refractivity contribution in [2.45, 2.75) is 12.0 Å². The first-order valence-corrected chi connectivity index (χ1v) is 6.21. The van der Waals surface area contributed by atoms with Crippen molar-refractivity contribution < 1.29 is 14.3 Å². The summed E-state index contributed by atoms with van der Waals surface area (Å²) >= 11 is 6.95. The van der Waals surface area contributed by atoms with Crippen molar-refractivity contribution in [3.63, 3.8) is 0 Å². The van der Waals surface area contributed by atoms with Gasteiger partial charge in [0.2, 0.25) is 0 Å². The third-order valence-corrected chi connectivity index (χ3v) is 3.11. The van der Waals surface area contributed by atoms with Crippen LogP contribution in [0.3, 0.4) is 0 Å². The number of ether oxygens (including phenoxy) is 2. The Hall–Kier alpha value is -0.690. The monoisotopic (exact) mass is 262 g/mol. The van der Waals surface area contributed by atoms with Crippen molar-refractivity contribution in [3.05, 3.63) is 11.1 Å². The normalized spacial score (nSPS) is 20.7. The van der Waals surface area contributed by atoms with Crippen LogP contribution in [0.15, 0.2) is 5.38 Å². The van der Waals surface area contributed by atoms with Gasteiger partial charge in [0.1, 0.15) is 0 Å². The second-order valence-corrected chi connectivity index (χ2v) is 4.33. The molecule has 1 saturated heterocycles. The number of carbonyl (C=O) groups is 1. The molecule has 5 nitrogen and oxygen atoms in total. The quantitative estimate of drug-likeness (QED) is 0.833. The van der Waals surface area contributed by atoms with Gasteiger partial charge in [-0.1, -0.05) is 0 Å². The second-order valence-electron chi connectivity index (χ2n) is 3.20. The number of rotatable bonds is 3. The fourth-order valence-electron chi connectivity index (χ4n) is 1.25. The predicted octanol–water partition coefficient (Wildman–Crippen LogP) is 1.24. The van der Waals surface area contributed by atoms with E-state index >= 15 is 0 Å². The number of nitrogens with zero attached hydrogens (tertiary/aromatic N) is 1. The van der Waals surface area contributed by atoms with Gasteiger partial charge in [-0.25, -0.2) is 4.98 Å². The minimum atomic E-state index is -0.544. The van der Waals surface area contributed by atoms with Crippen molar-refractivity contribution in [3.8, 4) is 0 Å². The summed E-state index contributed by atoms with van der Waals surface area (Å²) in [6, 6.07) is 0. The number of thiazole rings is 1. The standard InChI is InChI=1S/C9H11ClN2O3S/c10-3-6-5-16-9(11-6)12-8(13)7-4-14-1-2-15-7/h5,7H,1-4H2,(H,11,12,13). The molecule has 0 spiro atoms.